The summed E-state index contributed by atoms with van der Waals surface area (Å²) in [5.41, 5.74) is -0.999. The number of hydrogen-bond donors (Lipinski definition) is 0. The number of rotatable bonds is 0. The zero-order chi connectivity index (χ0) is 19.5. The first-order chi connectivity index (χ1) is 10.3. The van der Waals surface area contributed by atoms with Gasteiger partial charge in [-0.2, -0.15) is 0 Å². The zero-order valence-corrected chi connectivity index (χ0v) is 18.0. The van der Waals surface area contributed by atoms with Gasteiger partial charge in [0, 0.05) is 17.4 Å². The van der Waals surface area contributed by atoms with Crippen LogP contribution in [0.5, 0.6) is 0 Å². The van der Waals surface area contributed by atoms with Gasteiger partial charge in [0.05, 0.1) is 0 Å². The highest BCUT2D eigenvalue weighted by atomic mass is 16.2. The van der Waals surface area contributed by atoms with Gasteiger partial charge in [0.1, 0.15) is 0 Å². The SMILES string of the molecule is CC(C)(C)C1C(=O)N(C(C)(C)C)C(=O)C(C(C)(C)C)C1C(C)(C)C. The van der Waals surface area contributed by atoms with Crippen molar-refractivity contribution < 1.29 is 9.59 Å². The fourth-order valence-corrected chi connectivity index (χ4v) is 4.37. The van der Waals surface area contributed by atoms with E-state index < -0.39 is 5.54 Å². The van der Waals surface area contributed by atoms with E-state index in [1.165, 1.54) is 0 Å². The van der Waals surface area contributed by atoms with Gasteiger partial charge in [-0.15, -0.1) is 0 Å². The minimum atomic E-state index is -0.496. The molecule has 0 bridgehead atoms. The summed E-state index contributed by atoms with van der Waals surface area (Å²) < 4.78 is 0. The Morgan fingerprint density at radius 1 is 0.583 bits per heavy atom. The van der Waals surface area contributed by atoms with Crippen molar-refractivity contribution in [2.24, 2.45) is 34.0 Å². The van der Waals surface area contributed by atoms with Crippen molar-refractivity contribution >= 4 is 11.8 Å². The van der Waals surface area contributed by atoms with Crippen LogP contribution in [0.4, 0.5) is 0 Å². The molecule has 3 nitrogen and oxygen atoms in total. The van der Waals surface area contributed by atoms with Crippen LogP contribution in [0.2, 0.25) is 0 Å². The molecule has 3 heteroatoms. The molecule has 0 saturated carbocycles. The van der Waals surface area contributed by atoms with E-state index in [-0.39, 0.29) is 45.8 Å². The molecule has 0 N–H and O–H groups in total. The third kappa shape index (κ3) is 3.86. The fourth-order valence-electron chi connectivity index (χ4n) is 4.37. The Bertz CT molecular complexity index is 472. The summed E-state index contributed by atoms with van der Waals surface area (Å²) in [7, 11) is 0. The van der Waals surface area contributed by atoms with Crippen LogP contribution in [-0.4, -0.2) is 22.3 Å². The quantitative estimate of drug-likeness (QED) is 0.574. The van der Waals surface area contributed by atoms with Crippen LogP contribution in [0.15, 0.2) is 0 Å². The minimum Gasteiger partial charge on any atom is -0.277 e. The largest absolute Gasteiger partial charge is 0.277 e. The van der Waals surface area contributed by atoms with Gasteiger partial charge < -0.3 is 0 Å². The first-order valence-corrected chi connectivity index (χ1v) is 9.19. The predicted octanol–water partition coefficient (Wildman–Crippen LogP) is 5.14. The first-order valence-electron chi connectivity index (χ1n) is 9.19. The van der Waals surface area contributed by atoms with Gasteiger partial charge in [-0.25, -0.2) is 0 Å². The van der Waals surface area contributed by atoms with Gasteiger partial charge in [0.15, 0.2) is 0 Å². The van der Waals surface area contributed by atoms with Crippen LogP contribution < -0.4 is 0 Å². The molecule has 2 atom stereocenters. The maximum atomic E-state index is 13.5. The summed E-state index contributed by atoms with van der Waals surface area (Å²) >= 11 is 0. The number of hydrogen-bond acceptors (Lipinski definition) is 2. The van der Waals surface area contributed by atoms with Crippen LogP contribution in [0.1, 0.15) is 83.1 Å². The van der Waals surface area contributed by atoms with Gasteiger partial charge >= 0.3 is 0 Å². The Kier molecular flexibility index (Phi) is 5.16. The van der Waals surface area contributed by atoms with Crippen molar-refractivity contribution in [3.63, 3.8) is 0 Å². The van der Waals surface area contributed by atoms with E-state index >= 15 is 0 Å². The van der Waals surface area contributed by atoms with Gasteiger partial charge in [-0.1, -0.05) is 62.3 Å². The van der Waals surface area contributed by atoms with E-state index in [1.54, 1.807) is 4.90 Å². The summed E-state index contributed by atoms with van der Waals surface area (Å²) in [6.07, 6.45) is 0. The second kappa shape index (κ2) is 5.85. The summed E-state index contributed by atoms with van der Waals surface area (Å²) in [4.78, 5) is 28.5. The second-order valence-electron chi connectivity index (χ2n) is 11.8. The Labute approximate surface area is 149 Å². The average Bonchev–Trinajstić information content (AvgIpc) is 2.20. The van der Waals surface area contributed by atoms with Gasteiger partial charge in [-0.3, -0.25) is 14.5 Å². The summed E-state index contributed by atoms with van der Waals surface area (Å²) in [5.74, 6) is -0.311. The maximum Gasteiger partial charge on any atom is 0.233 e. The molecule has 1 heterocycles. The lowest BCUT2D eigenvalue weighted by atomic mass is 9.53. The molecule has 1 fully saturated rings. The highest BCUT2D eigenvalue weighted by molar-refractivity contribution is 6.02. The van der Waals surface area contributed by atoms with E-state index in [0.29, 0.717) is 0 Å². The molecule has 24 heavy (non-hydrogen) atoms. The molecule has 0 aliphatic carbocycles. The summed E-state index contributed by atoms with van der Waals surface area (Å²) in [5, 5.41) is 0. The predicted molar refractivity (Wildman–Crippen MR) is 100 cm³/mol. The topological polar surface area (TPSA) is 37.4 Å². The number of carbonyl (C=O) groups is 2. The lowest BCUT2D eigenvalue weighted by Gasteiger charge is -2.56. The minimum absolute atomic E-state index is 0.000394. The second-order valence-corrected chi connectivity index (χ2v) is 11.8. The first kappa shape index (κ1) is 21.2. The molecule has 0 aromatic rings. The third-order valence-corrected chi connectivity index (χ3v) is 5.23. The van der Waals surface area contributed by atoms with Crippen molar-refractivity contribution in [2.75, 3.05) is 0 Å². The Morgan fingerprint density at radius 2 is 0.875 bits per heavy atom. The highest BCUT2D eigenvalue weighted by Crippen LogP contribution is 2.54. The fraction of sp³-hybridized carbons (Fsp3) is 0.905. The zero-order valence-electron chi connectivity index (χ0n) is 18.0. The van der Waals surface area contributed by atoms with E-state index in [0.717, 1.165) is 0 Å². The van der Waals surface area contributed by atoms with Crippen LogP contribution >= 0.6 is 0 Å². The Hall–Kier alpha value is -0.860. The number of amides is 2. The molecule has 2 unspecified atom stereocenters. The Morgan fingerprint density at radius 3 is 1.04 bits per heavy atom. The number of nitrogens with zero attached hydrogens (tertiary/aromatic N) is 1. The molecule has 1 aliphatic heterocycles. The van der Waals surface area contributed by atoms with Crippen LogP contribution in [0.25, 0.3) is 0 Å². The van der Waals surface area contributed by atoms with E-state index in [4.69, 9.17) is 0 Å². The average molecular weight is 338 g/mol. The van der Waals surface area contributed by atoms with Crippen molar-refractivity contribution in [1.82, 2.24) is 4.90 Å². The van der Waals surface area contributed by atoms with Gasteiger partial charge in [0.25, 0.3) is 0 Å². The molecule has 1 rings (SSSR count). The normalized spacial score (nSPS) is 27.7. The number of carbonyl (C=O) groups excluding carboxylic acids is 2. The van der Waals surface area contributed by atoms with Gasteiger partial charge in [0.2, 0.25) is 11.8 Å². The number of likely N-dealkylation sites (tertiary alicyclic amines) is 1. The van der Waals surface area contributed by atoms with Crippen LogP contribution in [-0.2, 0) is 9.59 Å². The van der Waals surface area contributed by atoms with E-state index in [1.807, 2.05) is 20.8 Å². The molecule has 2 amide bonds. The highest BCUT2D eigenvalue weighted by Gasteiger charge is 2.59. The molecule has 1 aliphatic rings. The van der Waals surface area contributed by atoms with Crippen molar-refractivity contribution in [3.8, 4) is 0 Å². The lowest BCUT2D eigenvalue weighted by Crippen LogP contribution is -2.66. The van der Waals surface area contributed by atoms with Gasteiger partial charge in [-0.05, 0) is 42.9 Å². The van der Waals surface area contributed by atoms with Crippen LogP contribution in [0.3, 0.4) is 0 Å². The molecule has 0 aromatic carbocycles. The molecule has 140 valence electrons. The third-order valence-electron chi connectivity index (χ3n) is 5.23. The molecular weight excluding hydrogens is 298 g/mol. The molecule has 0 spiro atoms. The monoisotopic (exact) mass is 337 g/mol. The molecule has 0 radical (unpaired) electrons. The maximum absolute atomic E-state index is 13.5. The smallest absolute Gasteiger partial charge is 0.233 e. The lowest BCUT2D eigenvalue weighted by molar-refractivity contribution is -0.181. The molecule has 0 aromatic heterocycles. The van der Waals surface area contributed by atoms with Crippen molar-refractivity contribution in [2.45, 2.75) is 88.6 Å². The summed E-state index contributed by atoms with van der Waals surface area (Å²) in [6, 6.07) is 0. The molecule has 1 saturated heterocycles. The standard InChI is InChI=1S/C21H39NO2/c1-18(2,3)13-14(19(4,5)6)16(23)22(21(10,11)12)17(24)15(13)20(7,8)9/h13-15H,1-12H3. The van der Waals surface area contributed by atoms with Crippen LogP contribution in [0, 0.1) is 34.0 Å². The van der Waals surface area contributed by atoms with E-state index in [9.17, 15) is 9.59 Å². The van der Waals surface area contributed by atoms with Crippen molar-refractivity contribution in [3.05, 3.63) is 0 Å². The van der Waals surface area contributed by atoms with E-state index in [2.05, 4.69) is 62.3 Å². The Balaban J connectivity index is 3.72. The number of piperidine rings is 1. The summed E-state index contributed by atoms with van der Waals surface area (Å²) in [6.45, 7) is 25.2. The number of imide groups is 1. The molecular formula is C21H39NO2. The van der Waals surface area contributed by atoms with Crippen molar-refractivity contribution in [1.29, 1.82) is 0 Å².